The number of aliphatic carboxylic acids is 1. The zero-order valence-electron chi connectivity index (χ0n) is 22.9. The summed E-state index contributed by atoms with van der Waals surface area (Å²) >= 11 is 0. The van der Waals surface area contributed by atoms with E-state index in [1.807, 2.05) is 55.5 Å². The Morgan fingerprint density at radius 2 is 1.68 bits per heavy atom. The number of aromatic nitrogens is 2. The number of hydrogen-bond acceptors (Lipinski definition) is 6. The monoisotopic (exact) mass is 546 g/mol. The van der Waals surface area contributed by atoms with Crippen molar-refractivity contribution in [1.82, 2.24) is 19.6 Å². The molecular weight excluding hydrogens is 512 g/mol. The number of carboxylic acids is 1. The third-order valence-electron chi connectivity index (χ3n) is 8.21. The van der Waals surface area contributed by atoms with Gasteiger partial charge in [-0.15, -0.1) is 0 Å². The minimum Gasteiger partial charge on any atom is -0.480 e. The first-order chi connectivity index (χ1) is 19.2. The molecule has 2 fully saturated rings. The number of carbonyl (C=O) groups excluding carboxylic acids is 2. The Hall–Kier alpha value is -4.02. The van der Waals surface area contributed by atoms with E-state index in [1.54, 1.807) is 30.8 Å². The van der Waals surface area contributed by atoms with E-state index < -0.39 is 41.2 Å². The number of imide groups is 1. The van der Waals surface area contributed by atoms with E-state index in [9.17, 15) is 24.3 Å². The molecule has 2 amide bonds. The summed E-state index contributed by atoms with van der Waals surface area (Å²) < 4.78 is 9.08. The molecule has 40 heavy (non-hydrogen) atoms. The minimum absolute atomic E-state index is 0.131. The maximum atomic E-state index is 13.9. The Bertz CT molecular complexity index is 1480. The van der Waals surface area contributed by atoms with Crippen LogP contribution in [0.3, 0.4) is 0 Å². The molecule has 2 aromatic carbocycles. The van der Waals surface area contributed by atoms with E-state index in [0.717, 1.165) is 12.0 Å². The van der Waals surface area contributed by atoms with E-state index in [1.165, 1.54) is 9.58 Å². The van der Waals surface area contributed by atoms with E-state index in [2.05, 4.69) is 5.32 Å². The lowest BCUT2D eigenvalue weighted by atomic mass is 9.79. The van der Waals surface area contributed by atoms with Gasteiger partial charge in [-0.1, -0.05) is 61.9 Å². The van der Waals surface area contributed by atoms with Gasteiger partial charge in [-0.2, -0.15) is 0 Å². The van der Waals surface area contributed by atoms with Crippen molar-refractivity contribution >= 4 is 17.8 Å². The number of benzene rings is 2. The fraction of sp³-hybridized carbons (Fsp3) is 0.400. The number of nitrogens with zero attached hydrogens (tertiary/aromatic N) is 3. The molecule has 10 nitrogen and oxygen atoms in total. The zero-order chi connectivity index (χ0) is 28.6. The van der Waals surface area contributed by atoms with Crippen LogP contribution in [0.25, 0.3) is 5.69 Å². The molecule has 0 spiro atoms. The van der Waals surface area contributed by atoms with Crippen LogP contribution in [-0.4, -0.2) is 55.8 Å². The number of unbranched alkanes of at least 4 members (excludes halogenated alkanes) is 1. The second-order valence-corrected chi connectivity index (χ2v) is 10.5. The van der Waals surface area contributed by atoms with Crippen molar-refractivity contribution in [2.24, 2.45) is 18.9 Å². The van der Waals surface area contributed by atoms with Gasteiger partial charge in [0.15, 0.2) is 5.54 Å². The predicted molar refractivity (Wildman–Crippen MR) is 147 cm³/mol. The van der Waals surface area contributed by atoms with E-state index in [0.29, 0.717) is 17.8 Å². The summed E-state index contributed by atoms with van der Waals surface area (Å²) in [4.78, 5) is 55.7. The molecule has 0 bridgehead atoms. The Balaban J connectivity index is 1.59. The smallest absolute Gasteiger partial charge is 0.327 e. The van der Waals surface area contributed by atoms with Crippen molar-refractivity contribution in [3.8, 4) is 5.69 Å². The molecule has 2 aliphatic heterocycles. The summed E-state index contributed by atoms with van der Waals surface area (Å²) in [6.07, 6.45) is 1.36. The van der Waals surface area contributed by atoms with Crippen molar-refractivity contribution in [3.05, 3.63) is 87.8 Å². The first-order valence-electron chi connectivity index (χ1n) is 13.5. The Morgan fingerprint density at radius 3 is 2.30 bits per heavy atom. The summed E-state index contributed by atoms with van der Waals surface area (Å²) in [6, 6.07) is 17.4. The summed E-state index contributed by atoms with van der Waals surface area (Å²) in [5.74, 6) is -4.58. The molecule has 4 unspecified atom stereocenters. The molecular formula is C30H34N4O6. The lowest BCUT2D eigenvalue weighted by molar-refractivity contribution is -0.154. The van der Waals surface area contributed by atoms with E-state index in [4.69, 9.17) is 4.74 Å². The lowest BCUT2D eigenvalue weighted by Crippen LogP contribution is -2.59. The van der Waals surface area contributed by atoms with Crippen molar-refractivity contribution < 1.29 is 24.2 Å². The molecule has 4 atom stereocenters. The predicted octanol–water partition coefficient (Wildman–Crippen LogP) is 2.57. The third-order valence-corrected chi connectivity index (χ3v) is 8.21. The van der Waals surface area contributed by atoms with Gasteiger partial charge in [-0.05, 0) is 31.0 Å². The van der Waals surface area contributed by atoms with Crippen molar-refractivity contribution in [2.45, 2.75) is 44.9 Å². The van der Waals surface area contributed by atoms with Gasteiger partial charge < -0.3 is 9.84 Å². The fourth-order valence-electron chi connectivity index (χ4n) is 6.09. The quantitative estimate of drug-likeness (QED) is 0.375. The molecule has 3 aromatic rings. The zero-order valence-corrected chi connectivity index (χ0v) is 22.9. The molecule has 10 heteroatoms. The molecule has 5 rings (SSSR count). The van der Waals surface area contributed by atoms with Gasteiger partial charge in [0, 0.05) is 19.3 Å². The molecule has 2 aliphatic rings. The summed E-state index contributed by atoms with van der Waals surface area (Å²) in [5, 5.41) is 13.7. The van der Waals surface area contributed by atoms with Crippen LogP contribution in [0.1, 0.15) is 42.6 Å². The number of para-hydroxylation sites is 1. The van der Waals surface area contributed by atoms with Gasteiger partial charge in [-0.25, -0.2) is 4.68 Å². The third kappa shape index (κ3) is 4.37. The molecule has 3 heterocycles. The standard InChI is InChI=1S/C30H34N4O6/c1-4-5-16-33-26(35)23-24(28(33)37)30(29(38)39,18-40-17-20-12-8-6-9-13-20)31-25(23)22-19(2)32(3)34(27(22)36)21-14-10-7-11-15-21/h6-15,23-25,31H,4-5,16-18H2,1-3H3,(H,38,39). The molecule has 0 saturated carbocycles. The highest BCUT2D eigenvalue weighted by Crippen LogP contribution is 2.49. The van der Waals surface area contributed by atoms with Gasteiger partial charge in [0.2, 0.25) is 11.8 Å². The molecule has 0 aliphatic carbocycles. The number of nitrogens with one attached hydrogen (secondary N) is 1. The Labute approximate surface area is 232 Å². The van der Waals surface area contributed by atoms with Crippen LogP contribution in [0.5, 0.6) is 0 Å². The van der Waals surface area contributed by atoms with Crippen LogP contribution in [0.4, 0.5) is 0 Å². The number of ether oxygens (including phenoxy) is 1. The van der Waals surface area contributed by atoms with E-state index >= 15 is 0 Å². The number of carboxylic acid groups (broad SMARTS) is 1. The van der Waals surface area contributed by atoms with Crippen molar-refractivity contribution in [2.75, 3.05) is 13.2 Å². The average Bonchev–Trinajstić information content (AvgIpc) is 3.50. The second kappa shape index (κ2) is 10.9. The van der Waals surface area contributed by atoms with Gasteiger partial charge >= 0.3 is 5.97 Å². The topological polar surface area (TPSA) is 123 Å². The first kappa shape index (κ1) is 27.5. The second-order valence-electron chi connectivity index (χ2n) is 10.5. The van der Waals surface area contributed by atoms with Crippen LogP contribution < -0.4 is 10.9 Å². The Morgan fingerprint density at radius 1 is 1.02 bits per heavy atom. The highest BCUT2D eigenvalue weighted by Gasteiger charge is 2.69. The first-order valence-corrected chi connectivity index (χ1v) is 13.5. The maximum Gasteiger partial charge on any atom is 0.327 e. The van der Waals surface area contributed by atoms with Crippen LogP contribution in [-0.2, 0) is 32.8 Å². The number of amides is 2. The summed E-state index contributed by atoms with van der Waals surface area (Å²) in [5.41, 5.74) is 0.0467. The van der Waals surface area contributed by atoms with Crippen LogP contribution in [0, 0.1) is 18.8 Å². The molecule has 0 radical (unpaired) electrons. The Kier molecular flexibility index (Phi) is 7.48. The van der Waals surface area contributed by atoms with Crippen molar-refractivity contribution in [1.29, 1.82) is 0 Å². The number of likely N-dealkylation sites (tertiary alicyclic amines) is 1. The maximum absolute atomic E-state index is 13.9. The highest BCUT2D eigenvalue weighted by molar-refractivity contribution is 6.09. The molecule has 1 aromatic heterocycles. The SMILES string of the molecule is CCCCN1C(=O)C2C(c3c(C)n(C)n(-c4ccccc4)c3=O)NC(COCc3ccccc3)(C(=O)O)C2C1=O. The van der Waals surface area contributed by atoms with Crippen LogP contribution in [0.15, 0.2) is 65.5 Å². The molecule has 210 valence electrons. The van der Waals surface area contributed by atoms with Gasteiger partial charge in [0.1, 0.15) is 0 Å². The summed E-state index contributed by atoms with van der Waals surface area (Å²) in [7, 11) is 1.74. The molecule has 2 saturated heterocycles. The normalized spacial score (nSPS) is 24.1. The van der Waals surface area contributed by atoms with Crippen molar-refractivity contribution in [3.63, 3.8) is 0 Å². The summed E-state index contributed by atoms with van der Waals surface area (Å²) in [6.45, 7) is 3.70. The van der Waals surface area contributed by atoms with Crippen LogP contribution in [0.2, 0.25) is 0 Å². The minimum atomic E-state index is -1.90. The lowest BCUT2D eigenvalue weighted by Gasteiger charge is -2.30. The average molecular weight is 547 g/mol. The molecule has 2 N–H and O–H groups in total. The number of rotatable bonds is 10. The van der Waals surface area contributed by atoms with E-state index in [-0.39, 0.29) is 30.9 Å². The largest absolute Gasteiger partial charge is 0.480 e. The van der Waals surface area contributed by atoms with Gasteiger partial charge in [0.05, 0.1) is 42.3 Å². The number of carbonyl (C=O) groups is 3. The van der Waals surface area contributed by atoms with Crippen LogP contribution >= 0.6 is 0 Å². The van der Waals surface area contributed by atoms with Gasteiger partial charge in [0.25, 0.3) is 5.56 Å². The fourth-order valence-corrected chi connectivity index (χ4v) is 6.09. The number of hydrogen-bond donors (Lipinski definition) is 2. The number of fused-ring (bicyclic) bond motifs is 1. The highest BCUT2D eigenvalue weighted by atomic mass is 16.5. The van der Waals surface area contributed by atoms with Gasteiger partial charge in [-0.3, -0.25) is 34.1 Å².